The monoisotopic (exact) mass is 598 g/mol. The number of halogens is 1. The Balaban J connectivity index is 1.85. The van der Waals surface area contributed by atoms with E-state index in [-0.39, 0.29) is 41.8 Å². The summed E-state index contributed by atoms with van der Waals surface area (Å²) >= 11 is 0. The van der Waals surface area contributed by atoms with Crippen molar-refractivity contribution in [2.24, 2.45) is 5.41 Å². The van der Waals surface area contributed by atoms with Crippen LogP contribution >= 0.6 is 0 Å². The lowest BCUT2D eigenvalue weighted by Crippen LogP contribution is -2.63. The number of Topliss-reactive ketones (excluding diaryl/α,β-unsaturated/α-hetero) is 1. The molecule has 1 aliphatic carbocycles. The van der Waals surface area contributed by atoms with Gasteiger partial charge in [-0.3, -0.25) is 9.78 Å². The Morgan fingerprint density at radius 2 is 1.91 bits per heavy atom. The highest BCUT2D eigenvalue weighted by Crippen LogP contribution is 2.46. The largest absolute Gasteiger partial charge is 0.465 e. The molecule has 3 aliphatic rings. The number of pyridine rings is 1. The average molecular weight is 599 g/mol. The molecule has 2 atom stereocenters. The molecule has 230 valence electrons. The molecule has 2 aromatic rings. The first kappa shape index (κ1) is 30.8. The fourth-order valence-corrected chi connectivity index (χ4v) is 6.32. The number of benzene rings is 1. The van der Waals surface area contributed by atoms with Gasteiger partial charge in [0.05, 0.1) is 22.7 Å². The first-order valence-corrected chi connectivity index (χ1v) is 14.9. The van der Waals surface area contributed by atoms with E-state index in [1.165, 1.54) is 11.0 Å². The van der Waals surface area contributed by atoms with E-state index in [1.807, 2.05) is 24.8 Å². The Kier molecular flexibility index (Phi) is 8.02. The smallest absolute Gasteiger partial charge is 0.407 e. The number of ketones is 1. The van der Waals surface area contributed by atoms with E-state index >= 15 is 4.39 Å². The summed E-state index contributed by atoms with van der Waals surface area (Å²) < 4.78 is 15.3. The van der Waals surface area contributed by atoms with Crippen LogP contribution in [0, 0.1) is 29.5 Å². The lowest BCUT2D eigenvalue weighted by molar-refractivity contribution is -0.112. The second-order valence-corrected chi connectivity index (χ2v) is 13.0. The number of nitrogens with zero attached hydrogens (tertiary/aromatic N) is 5. The third kappa shape index (κ3) is 5.21. The predicted molar refractivity (Wildman–Crippen MR) is 167 cm³/mol. The first-order chi connectivity index (χ1) is 20.8. The van der Waals surface area contributed by atoms with Gasteiger partial charge in [-0.25, -0.2) is 9.18 Å². The Morgan fingerprint density at radius 3 is 2.50 bits per heavy atom. The number of aromatic nitrogens is 1. The molecular formula is C34H39FN6O3. The van der Waals surface area contributed by atoms with Crippen LogP contribution < -0.4 is 10.2 Å². The zero-order valence-electron chi connectivity index (χ0n) is 26.3. The Bertz CT molecular complexity index is 1660. The van der Waals surface area contributed by atoms with Crippen LogP contribution in [0.2, 0.25) is 0 Å². The molecule has 9 nitrogen and oxygen atoms in total. The second-order valence-electron chi connectivity index (χ2n) is 13.0. The second kappa shape index (κ2) is 11.5. The van der Waals surface area contributed by atoms with E-state index < -0.39 is 29.3 Å². The van der Waals surface area contributed by atoms with E-state index in [1.54, 1.807) is 30.5 Å². The van der Waals surface area contributed by atoms with Gasteiger partial charge in [-0.2, -0.15) is 5.26 Å². The topological polar surface area (TPSA) is 113 Å². The van der Waals surface area contributed by atoms with Gasteiger partial charge in [0.1, 0.15) is 29.4 Å². The minimum absolute atomic E-state index is 0.0552. The number of nitrogens with one attached hydrogen (secondary N) is 1. The van der Waals surface area contributed by atoms with Crippen LogP contribution in [0.3, 0.4) is 0 Å². The van der Waals surface area contributed by atoms with Crippen LogP contribution in [0.25, 0.3) is 5.57 Å². The summed E-state index contributed by atoms with van der Waals surface area (Å²) in [6.45, 7) is 15.2. The van der Waals surface area contributed by atoms with E-state index in [2.05, 4.69) is 50.9 Å². The number of allylic oxidation sites excluding steroid dienone is 4. The lowest BCUT2D eigenvalue weighted by Gasteiger charge is -2.52. The minimum Gasteiger partial charge on any atom is -0.465 e. The van der Waals surface area contributed by atoms with Crippen LogP contribution in [-0.2, 0) is 4.79 Å². The normalized spacial score (nSPS) is 20.9. The van der Waals surface area contributed by atoms with Gasteiger partial charge >= 0.3 is 6.09 Å². The maximum atomic E-state index is 15.3. The van der Waals surface area contributed by atoms with Crippen LogP contribution in [0.1, 0.15) is 64.3 Å². The molecule has 1 amide bonds. The molecule has 1 fully saturated rings. The van der Waals surface area contributed by atoms with Crippen molar-refractivity contribution in [3.63, 3.8) is 0 Å². The number of carbonyl (C=O) groups excluding carboxylic acids is 1. The van der Waals surface area contributed by atoms with Gasteiger partial charge in [-0.1, -0.05) is 52.8 Å². The molecule has 2 aliphatic heterocycles. The number of carbonyl (C=O) groups is 2. The summed E-state index contributed by atoms with van der Waals surface area (Å²) in [5.74, 6) is -0.439. The molecule has 0 radical (unpaired) electrons. The van der Waals surface area contributed by atoms with Gasteiger partial charge in [0.2, 0.25) is 5.78 Å². The number of carboxylic acid groups (broad SMARTS) is 1. The number of nitriles is 1. The Hall–Kier alpha value is -4.65. The van der Waals surface area contributed by atoms with Crippen molar-refractivity contribution in [2.45, 2.75) is 66.6 Å². The van der Waals surface area contributed by atoms with E-state index in [9.17, 15) is 20.0 Å². The molecule has 0 spiro atoms. The molecule has 10 heteroatoms. The van der Waals surface area contributed by atoms with Crippen molar-refractivity contribution in [3.05, 3.63) is 87.9 Å². The summed E-state index contributed by atoms with van der Waals surface area (Å²) in [7, 11) is 0. The van der Waals surface area contributed by atoms with Gasteiger partial charge < -0.3 is 25.1 Å². The van der Waals surface area contributed by atoms with Crippen molar-refractivity contribution in [1.29, 1.82) is 5.26 Å². The van der Waals surface area contributed by atoms with Crippen molar-refractivity contribution in [1.82, 2.24) is 20.1 Å². The number of hydrogen-bond donors (Lipinski definition) is 2. The Labute approximate surface area is 258 Å². The molecule has 1 saturated heterocycles. The molecule has 1 aromatic carbocycles. The summed E-state index contributed by atoms with van der Waals surface area (Å²) in [6, 6.07) is 9.92. The highest BCUT2D eigenvalue weighted by molar-refractivity contribution is 6.22. The van der Waals surface area contributed by atoms with E-state index in [0.29, 0.717) is 23.6 Å². The minimum atomic E-state index is -0.990. The van der Waals surface area contributed by atoms with Crippen molar-refractivity contribution in [2.75, 3.05) is 24.5 Å². The lowest BCUT2D eigenvalue weighted by atomic mass is 9.81. The third-order valence-corrected chi connectivity index (χ3v) is 8.51. The van der Waals surface area contributed by atoms with Gasteiger partial charge in [0.25, 0.3) is 0 Å². The number of aryl methyl sites for hydroxylation is 1. The van der Waals surface area contributed by atoms with Crippen molar-refractivity contribution >= 4 is 23.1 Å². The summed E-state index contributed by atoms with van der Waals surface area (Å²) in [4.78, 5) is 36.6. The average Bonchev–Trinajstić information content (AvgIpc) is 2.96. The van der Waals surface area contributed by atoms with Crippen LogP contribution in [-0.4, -0.2) is 63.6 Å². The van der Waals surface area contributed by atoms with Crippen molar-refractivity contribution in [3.8, 4) is 6.07 Å². The fraction of sp³-hybridized carbons (Fsp3) is 0.412. The number of rotatable bonds is 4. The van der Waals surface area contributed by atoms with Gasteiger partial charge in [-0.05, 0) is 43.5 Å². The standard InChI is InChI=1S/C34H39FN6O3/c1-19(2)28-29(20(3)12-13-37-28)41-26-16-23(22-10-8-9-11-25(22)35)24(17-36)30(42)27(26)31(38-32(41)34(5,6)7)40-15-14-39(33(43)44)18-21(40)4/h8-13,16,19,21,32,38H,14-15,18H2,1-7H3,(H,43,44)/t21-,32?/m0/s1. The highest BCUT2D eigenvalue weighted by Gasteiger charge is 2.47. The molecule has 1 unspecified atom stereocenters. The maximum Gasteiger partial charge on any atom is 0.407 e. The van der Waals surface area contributed by atoms with E-state index in [4.69, 9.17) is 4.98 Å². The number of hydrogen-bond acceptors (Lipinski definition) is 7. The zero-order chi connectivity index (χ0) is 32.1. The quantitative estimate of drug-likeness (QED) is 0.456. The van der Waals surface area contributed by atoms with Gasteiger partial charge in [0, 0.05) is 48.4 Å². The fourth-order valence-electron chi connectivity index (χ4n) is 6.32. The third-order valence-electron chi connectivity index (χ3n) is 8.51. The molecule has 1 aromatic heterocycles. The predicted octanol–water partition coefficient (Wildman–Crippen LogP) is 5.77. The molecule has 5 rings (SSSR count). The molecular weight excluding hydrogens is 559 g/mol. The summed E-state index contributed by atoms with van der Waals surface area (Å²) in [5, 5.41) is 23.6. The number of anilines is 1. The van der Waals surface area contributed by atoms with Crippen molar-refractivity contribution < 1.29 is 19.1 Å². The molecule has 2 N–H and O–H groups in total. The van der Waals surface area contributed by atoms with Gasteiger partial charge in [0.15, 0.2) is 0 Å². The van der Waals surface area contributed by atoms with Gasteiger partial charge in [-0.15, -0.1) is 0 Å². The summed E-state index contributed by atoms with van der Waals surface area (Å²) in [6.07, 6.45) is 2.16. The van der Waals surface area contributed by atoms with Crippen LogP contribution in [0.15, 0.2) is 65.3 Å². The van der Waals surface area contributed by atoms with E-state index in [0.717, 1.165) is 16.9 Å². The van der Waals surface area contributed by atoms with Crippen LogP contribution in [0.4, 0.5) is 14.9 Å². The highest BCUT2D eigenvalue weighted by atomic mass is 19.1. The Morgan fingerprint density at radius 1 is 1.20 bits per heavy atom. The number of fused-ring (bicyclic) bond motifs is 1. The van der Waals surface area contributed by atoms with Crippen LogP contribution in [0.5, 0.6) is 0 Å². The first-order valence-electron chi connectivity index (χ1n) is 14.9. The molecule has 0 bridgehead atoms. The molecule has 3 heterocycles. The SMILES string of the molecule is Cc1ccnc(C(C)C)c1N1C2=CC(c3ccccc3F)=C(C#N)C(=O)C2=C(N2CCN(C(=O)O)C[C@@H]2C)NC1C(C)(C)C. The number of amides is 1. The summed E-state index contributed by atoms with van der Waals surface area (Å²) in [5.41, 5.74) is 3.36. The number of piperazine rings is 1. The molecule has 44 heavy (non-hydrogen) atoms. The molecule has 0 saturated carbocycles. The zero-order valence-corrected chi connectivity index (χ0v) is 26.3. The maximum absolute atomic E-state index is 15.3.